The van der Waals surface area contributed by atoms with Crippen LogP contribution >= 0.6 is 15.9 Å². The molecule has 1 aromatic heterocycles. The molecule has 0 radical (unpaired) electrons. The van der Waals surface area contributed by atoms with Gasteiger partial charge in [0.15, 0.2) is 6.10 Å². The number of aromatic nitrogens is 1. The minimum atomic E-state index is -1.48. The molecule has 1 heterocycles. The fourth-order valence-corrected chi connectivity index (χ4v) is 2.30. The average molecular weight is 284 g/mol. The van der Waals surface area contributed by atoms with Crippen LogP contribution in [-0.4, -0.2) is 20.7 Å². The Kier molecular flexibility index (Phi) is 2.73. The highest BCUT2D eigenvalue weighted by molar-refractivity contribution is 9.10. The Morgan fingerprint density at radius 1 is 1.50 bits per heavy atom. The number of hydrogen-bond acceptors (Lipinski definition) is 2. The van der Waals surface area contributed by atoms with Crippen molar-refractivity contribution in [1.29, 1.82) is 0 Å². The summed E-state index contributed by atoms with van der Waals surface area (Å²) in [6.45, 7) is 0. The number of aryl methyl sites for hydroxylation is 1. The molecule has 4 nitrogen and oxygen atoms in total. The van der Waals surface area contributed by atoms with Gasteiger partial charge in [-0.2, -0.15) is 0 Å². The summed E-state index contributed by atoms with van der Waals surface area (Å²) in [5.41, 5.74) is 1.36. The molecule has 16 heavy (non-hydrogen) atoms. The minimum absolute atomic E-state index is 0.381. The van der Waals surface area contributed by atoms with Crippen LogP contribution in [0.15, 0.2) is 28.9 Å². The second-order valence-electron chi connectivity index (χ2n) is 3.61. The molecule has 1 unspecified atom stereocenters. The zero-order valence-corrected chi connectivity index (χ0v) is 10.1. The molecule has 0 aliphatic carbocycles. The van der Waals surface area contributed by atoms with E-state index in [0.29, 0.717) is 5.56 Å². The van der Waals surface area contributed by atoms with E-state index >= 15 is 0 Å². The van der Waals surface area contributed by atoms with Crippen molar-refractivity contribution in [2.45, 2.75) is 6.10 Å². The number of nitrogens with zero attached hydrogens (tertiary/aromatic N) is 1. The molecule has 0 aliphatic rings. The molecule has 0 aliphatic heterocycles. The number of carboxylic acid groups (broad SMARTS) is 1. The van der Waals surface area contributed by atoms with Crippen molar-refractivity contribution < 1.29 is 15.0 Å². The van der Waals surface area contributed by atoms with Gasteiger partial charge in [0.2, 0.25) is 0 Å². The highest BCUT2D eigenvalue weighted by atomic mass is 79.9. The van der Waals surface area contributed by atoms with Crippen molar-refractivity contribution in [3.63, 3.8) is 0 Å². The summed E-state index contributed by atoms with van der Waals surface area (Å²) in [6, 6.07) is 5.09. The third-order valence-electron chi connectivity index (χ3n) is 2.51. The van der Waals surface area contributed by atoms with E-state index in [1.54, 1.807) is 18.2 Å². The van der Waals surface area contributed by atoms with Crippen LogP contribution in [-0.2, 0) is 11.8 Å². The second kappa shape index (κ2) is 3.92. The Labute approximate surface area is 100 Å². The molecule has 0 fully saturated rings. The normalized spacial score (nSPS) is 12.9. The number of fused-ring (bicyclic) bond motifs is 1. The first kappa shape index (κ1) is 11.2. The van der Waals surface area contributed by atoms with Crippen LogP contribution in [0.1, 0.15) is 11.7 Å². The molecule has 2 rings (SSSR count). The van der Waals surface area contributed by atoms with E-state index in [4.69, 9.17) is 5.11 Å². The third kappa shape index (κ3) is 1.72. The van der Waals surface area contributed by atoms with Gasteiger partial charge >= 0.3 is 5.97 Å². The monoisotopic (exact) mass is 283 g/mol. The highest BCUT2D eigenvalue weighted by Gasteiger charge is 2.17. The van der Waals surface area contributed by atoms with Gasteiger partial charge in [0.1, 0.15) is 0 Å². The first-order valence-electron chi connectivity index (χ1n) is 4.66. The van der Waals surface area contributed by atoms with Crippen molar-refractivity contribution in [3.8, 4) is 0 Å². The van der Waals surface area contributed by atoms with Gasteiger partial charge in [-0.25, -0.2) is 4.79 Å². The highest BCUT2D eigenvalue weighted by Crippen LogP contribution is 2.28. The van der Waals surface area contributed by atoms with E-state index in [0.717, 1.165) is 15.4 Å². The fourth-order valence-electron chi connectivity index (χ4n) is 1.67. The van der Waals surface area contributed by atoms with Gasteiger partial charge in [0, 0.05) is 28.6 Å². The lowest BCUT2D eigenvalue weighted by Gasteiger charge is -2.06. The number of hydrogen-bond donors (Lipinski definition) is 2. The van der Waals surface area contributed by atoms with Crippen LogP contribution < -0.4 is 0 Å². The molecule has 1 aromatic carbocycles. The summed E-state index contributed by atoms with van der Waals surface area (Å²) in [5, 5.41) is 19.0. The maximum absolute atomic E-state index is 10.7. The summed E-state index contributed by atoms with van der Waals surface area (Å²) in [7, 11) is 1.90. The molecule has 0 saturated heterocycles. The van der Waals surface area contributed by atoms with Gasteiger partial charge in [-0.15, -0.1) is 0 Å². The number of halogens is 1. The predicted molar refractivity (Wildman–Crippen MR) is 63.2 cm³/mol. The Hall–Kier alpha value is -1.33. The van der Waals surface area contributed by atoms with Crippen LogP contribution in [0.4, 0.5) is 0 Å². The SMILES string of the molecule is Cn1cc(Br)c2cc(C(O)C(=O)O)ccc21. The van der Waals surface area contributed by atoms with E-state index in [1.807, 2.05) is 17.8 Å². The molecule has 84 valence electrons. The Bertz CT molecular complexity index is 562. The standard InChI is InChI=1S/C11H10BrNO3/c1-13-5-8(12)7-4-6(2-3-9(7)13)10(14)11(15)16/h2-5,10,14H,1H3,(H,15,16). The maximum Gasteiger partial charge on any atom is 0.337 e. The van der Waals surface area contributed by atoms with Crippen LogP contribution in [0.25, 0.3) is 10.9 Å². The van der Waals surface area contributed by atoms with Crippen molar-refractivity contribution in [3.05, 3.63) is 34.4 Å². The first-order valence-corrected chi connectivity index (χ1v) is 5.45. The van der Waals surface area contributed by atoms with Gasteiger partial charge in [-0.05, 0) is 33.6 Å². The van der Waals surface area contributed by atoms with E-state index in [9.17, 15) is 9.90 Å². The number of aliphatic carboxylic acids is 1. The second-order valence-corrected chi connectivity index (χ2v) is 4.46. The van der Waals surface area contributed by atoms with Crippen LogP contribution in [0.3, 0.4) is 0 Å². The molecular weight excluding hydrogens is 274 g/mol. The maximum atomic E-state index is 10.7. The van der Waals surface area contributed by atoms with Crippen LogP contribution in [0.2, 0.25) is 0 Å². The lowest BCUT2D eigenvalue weighted by atomic mass is 10.1. The molecule has 5 heteroatoms. The van der Waals surface area contributed by atoms with Crippen LogP contribution in [0, 0.1) is 0 Å². The predicted octanol–water partition coefficient (Wildman–Crippen LogP) is 2.06. The van der Waals surface area contributed by atoms with Gasteiger partial charge in [0.05, 0.1) is 0 Å². The topological polar surface area (TPSA) is 62.5 Å². The smallest absolute Gasteiger partial charge is 0.337 e. The minimum Gasteiger partial charge on any atom is -0.479 e. The molecule has 0 spiro atoms. The van der Waals surface area contributed by atoms with Gasteiger partial charge in [-0.3, -0.25) is 0 Å². The Morgan fingerprint density at radius 3 is 2.81 bits per heavy atom. The summed E-state index contributed by atoms with van der Waals surface area (Å²) in [6.07, 6.45) is 0.415. The number of aliphatic hydroxyl groups excluding tert-OH is 1. The van der Waals surface area contributed by atoms with E-state index in [1.165, 1.54) is 0 Å². The largest absolute Gasteiger partial charge is 0.479 e. The summed E-state index contributed by atoms with van der Waals surface area (Å²) < 4.78 is 2.81. The number of carbonyl (C=O) groups is 1. The van der Waals surface area contributed by atoms with Gasteiger partial charge in [0.25, 0.3) is 0 Å². The number of benzene rings is 1. The number of rotatable bonds is 2. The quantitative estimate of drug-likeness (QED) is 0.887. The Balaban J connectivity index is 2.60. The molecule has 0 saturated carbocycles. The van der Waals surface area contributed by atoms with Crippen molar-refractivity contribution in [1.82, 2.24) is 4.57 Å². The zero-order chi connectivity index (χ0) is 11.9. The number of aliphatic hydroxyl groups is 1. The van der Waals surface area contributed by atoms with Crippen molar-refractivity contribution in [2.75, 3.05) is 0 Å². The Morgan fingerprint density at radius 2 is 2.19 bits per heavy atom. The fraction of sp³-hybridized carbons (Fsp3) is 0.182. The zero-order valence-electron chi connectivity index (χ0n) is 8.51. The summed E-state index contributed by atoms with van der Waals surface area (Å²) in [4.78, 5) is 10.7. The lowest BCUT2D eigenvalue weighted by Crippen LogP contribution is -2.10. The lowest BCUT2D eigenvalue weighted by molar-refractivity contribution is -0.146. The number of carboxylic acids is 1. The first-order chi connectivity index (χ1) is 7.50. The molecule has 0 amide bonds. The van der Waals surface area contributed by atoms with E-state index in [2.05, 4.69) is 15.9 Å². The van der Waals surface area contributed by atoms with Gasteiger partial charge in [-0.1, -0.05) is 6.07 Å². The summed E-state index contributed by atoms with van der Waals surface area (Å²) >= 11 is 3.39. The van der Waals surface area contributed by atoms with Crippen molar-refractivity contribution >= 4 is 32.8 Å². The van der Waals surface area contributed by atoms with E-state index < -0.39 is 12.1 Å². The summed E-state index contributed by atoms with van der Waals surface area (Å²) in [5.74, 6) is -1.24. The molecule has 1 atom stereocenters. The molecule has 2 aromatic rings. The molecular formula is C11H10BrNO3. The van der Waals surface area contributed by atoms with E-state index in [-0.39, 0.29) is 0 Å². The molecule has 2 N–H and O–H groups in total. The van der Waals surface area contributed by atoms with Crippen LogP contribution in [0.5, 0.6) is 0 Å². The average Bonchev–Trinajstić information content (AvgIpc) is 2.53. The molecule has 0 bridgehead atoms. The van der Waals surface area contributed by atoms with Gasteiger partial charge < -0.3 is 14.8 Å². The van der Waals surface area contributed by atoms with Crippen molar-refractivity contribution in [2.24, 2.45) is 7.05 Å². The third-order valence-corrected chi connectivity index (χ3v) is 3.15.